The van der Waals surface area contributed by atoms with Crippen molar-refractivity contribution in [2.45, 2.75) is 20.3 Å². The first kappa shape index (κ1) is 15.9. The minimum absolute atomic E-state index is 0.0615. The lowest BCUT2D eigenvalue weighted by Gasteiger charge is -2.20. The molecule has 0 bridgehead atoms. The summed E-state index contributed by atoms with van der Waals surface area (Å²) in [6.45, 7) is 3.94. The molecule has 0 spiro atoms. The van der Waals surface area contributed by atoms with Gasteiger partial charge in [0.15, 0.2) is 0 Å². The van der Waals surface area contributed by atoms with Gasteiger partial charge in [0.2, 0.25) is 5.91 Å². The van der Waals surface area contributed by atoms with Crippen LogP contribution in [0, 0.1) is 12.8 Å². The van der Waals surface area contributed by atoms with E-state index < -0.39 is 0 Å². The quantitative estimate of drug-likeness (QED) is 0.910. The van der Waals surface area contributed by atoms with E-state index in [-0.39, 0.29) is 17.7 Å². The normalized spacial score (nSPS) is 17.0. The Balaban J connectivity index is 1.80. The molecule has 1 aromatic carbocycles. The molecule has 0 fully saturated rings. The molecule has 3 rings (SSSR count). The summed E-state index contributed by atoms with van der Waals surface area (Å²) in [6, 6.07) is 10.8. The van der Waals surface area contributed by atoms with Crippen molar-refractivity contribution in [1.82, 2.24) is 10.4 Å². The molecule has 1 aliphatic rings. The number of rotatable bonds is 3. The van der Waals surface area contributed by atoms with Crippen LogP contribution in [0.1, 0.15) is 35.0 Å². The lowest BCUT2D eigenvalue weighted by molar-refractivity contribution is -0.121. The summed E-state index contributed by atoms with van der Waals surface area (Å²) in [6.07, 6.45) is 2.01. The summed E-state index contributed by atoms with van der Waals surface area (Å²) in [4.78, 5) is 27.6. The Morgan fingerprint density at radius 2 is 2.12 bits per heavy atom. The predicted molar refractivity (Wildman–Crippen MR) is 91.8 cm³/mol. The highest BCUT2D eigenvalue weighted by molar-refractivity contribution is 6.07. The lowest BCUT2D eigenvalue weighted by Crippen LogP contribution is -2.32. The van der Waals surface area contributed by atoms with Gasteiger partial charge in [-0.05, 0) is 36.8 Å². The van der Waals surface area contributed by atoms with E-state index >= 15 is 0 Å². The van der Waals surface area contributed by atoms with E-state index in [1.165, 1.54) is 0 Å². The van der Waals surface area contributed by atoms with E-state index in [1.807, 2.05) is 32.0 Å². The Kier molecular flexibility index (Phi) is 4.37. The third kappa shape index (κ3) is 3.32. The van der Waals surface area contributed by atoms with Gasteiger partial charge in [0.25, 0.3) is 5.91 Å². The van der Waals surface area contributed by atoms with Crippen molar-refractivity contribution in [3.8, 4) is 0 Å². The van der Waals surface area contributed by atoms with Crippen LogP contribution in [0.25, 0.3) is 0 Å². The minimum Gasteiger partial charge on any atom is -0.321 e. The van der Waals surface area contributed by atoms with Gasteiger partial charge in [-0.2, -0.15) is 5.10 Å². The molecule has 6 heteroatoms. The Labute approximate surface area is 140 Å². The molecule has 0 aliphatic carbocycles. The molecule has 2 aromatic rings. The number of carbonyl (C=O) groups is 2. The molecule has 1 unspecified atom stereocenters. The summed E-state index contributed by atoms with van der Waals surface area (Å²) < 4.78 is 0. The first-order valence-electron chi connectivity index (χ1n) is 7.74. The highest BCUT2D eigenvalue weighted by atomic mass is 16.2. The molecular weight excluding hydrogens is 304 g/mol. The first-order chi connectivity index (χ1) is 11.5. The summed E-state index contributed by atoms with van der Waals surface area (Å²) in [7, 11) is 0. The van der Waals surface area contributed by atoms with Crippen molar-refractivity contribution in [1.29, 1.82) is 0 Å². The zero-order chi connectivity index (χ0) is 17.1. The van der Waals surface area contributed by atoms with E-state index in [0.717, 1.165) is 16.8 Å². The SMILES string of the molecule is Cc1cc(NC(=O)c2ccccn2)ccc1C1=NNC(=O)CC1C. The summed E-state index contributed by atoms with van der Waals surface area (Å²) in [5, 5.41) is 7.02. The van der Waals surface area contributed by atoms with Gasteiger partial charge >= 0.3 is 0 Å². The molecule has 122 valence electrons. The molecule has 1 atom stereocenters. The molecule has 2 N–H and O–H groups in total. The van der Waals surface area contributed by atoms with E-state index in [0.29, 0.717) is 17.8 Å². The maximum absolute atomic E-state index is 12.2. The Morgan fingerprint density at radius 1 is 1.29 bits per heavy atom. The predicted octanol–water partition coefficient (Wildman–Crippen LogP) is 2.50. The third-order valence-electron chi connectivity index (χ3n) is 3.92. The first-order valence-corrected chi connectivity index (χ1v) is 7.74. The van der Waals surface area contributed by atoms with E-state index in [1.54, 1.807) is 24.4 Å². The minimum atomic E-state index is -0.251. The average molecular weight is 322 g/mol. The van der Waals surface area contributed by atoms with Gasteiger partial charge in [0, 0.05) is 29.8 Å². The molecular formula is C18H18N4O2. The standard InChI is InChI=1S/C18H18N4O2/c1-11-9-13(20-18(24)15-5-3-4-8-19-15)6-7-14(11)17-12(2)10-16(23)21-22-17/h3-9,12H,10H2,1-2H3,(H,20,24)(H,21,23). The van der Waals surface area contributed by atoms with Crippen LogP contribution in [0.15, 0.2) is 47.7 Å². The number of amides is 2. The summed E-state index contributed by atoms with van der Waals surface area (Å²) in [5.41, 5.74) is 6.40. The fraction of sp³-hybridized carbons (Fsp3) is 0.222. The molecule has 2 heterocycles. The largest absolute Gasteiger partial charge is 0.321 e. The number of hydrogen-bond acceptors (Lipinski definition) is 4. The molecule has 6 nitrogen and oxygen atoms in total. The second-order valence-corrected chi connectivity index (χ2v) is 5.84. The van der Waals surface area contributed by atoms with E-state index in [4.69, 9.17) is 0 Å². The molecule has 2 amide bonds. The van der Waals surface area contributed by atoms with Crippen LogP contribution in [-0.4, -0.2) is 22.5 Å². The number of pyridine rings is 1. The molecule has 0 saturated carbocycles. The van der Waals surface area contributed by atoms with Gasteiger partial charge in [-0.15, -0.1) is 0 Å². The van der Waals surface area contributed by atoms with Crippen LogP contribution in [0.4, 0.5) is 5.69 Å². The highest BCUT2D eigenvalue weighted by Gasteiger charge is 2.22. The van der Waals surface area contributed by atoms with Crippen molar-refractivity contribution in [3.63, 3.8) is 0 Å². The Bertz CT molecular complexity index is 815. The molecule has 0 radical (unpaired) electrons. The number of nitrogens with zero attached hydrogens (tertiary/aromatic N) is 2. The highest BCUT2D eigenvalue weighted by Crippen LogP contribution is 2.22. The number of aryl methyl sites for hydroxylation is 1. The van der Waals surface area contributed by atoms with Gasteiger partial charge in [0.1, 0.15) is 5.69 Å². The zero-order valence-corrected chi connectivity index (χ0v) is 13.5. The lowest BCUT2D eigenvalue weighted by atomic mass is 9.91. The maximum atomic E-state index is 12.2. The van der Waals surface area contributed by atoms with Crippen LogP contribution in [0.5, 0.6) is 0 Å². The summed E-state index contributed by atoms with van der Waals surface area (Å²) >= 11 is 0. The van der Waals surface area contributed by atoms with Gasteiger partial charge in [-0.1, -0.05) is 19.1 Å². The van der Waals surface area contributed by atoms with E-state index in [2.05, 4.69) is 20.8 Å². The monoisotopic (exact) mass is 322 g/mol. The molecule has 0 saturated heterocycles. The molecule has 24 heavy (non-hydrogen) atoms. The van der Waals surface area contributed by atoms with Crippen molar-refractivity contribution in [2.75, 3.05) is 5.32 Å². The number of carbonyl (C=O) groups excluding carboxylic acids is 2. The van der Waals surface area contributed by atoms with Crippen LogP contribution in [-0.2, 0) is 4.79 Å². The number of anilines is 1. The van der Waals surface area contributed by atoms with Crippen LogP contribution < -0.4 is 10.7 Å². The van der Waals surface area contributed by atoms with Crippen LogP contribution in [0.3, 0.4) is 0 Å². The van der Waals surface area contributed by atoms with Crippen molar-refractivity contribution < 1.29 is 9.59 Å². The number of benzene rings is 1. The molecule has 1 aliphatic heterocycles. The van der Waals surface area contributed by atoms with Gasteiger partial charge in [-0.3, -0.25) is 14.6 Å². The van der Waals surface area contributed by atoms with Crippen molar-refractivity contribution in [2.24, 2.45) is 11.0 Å². The third-order valence-corrected chi connectivity index (χ3v) is 3.92. The van der Waals surface area contributed by atoms with Crippen molar-refractivity contribution >= 4 is 23.2 Å². The molecule has 1 aromatic heterocycles. The smallest absolute Gasteiger partial charge is 0.274 e. The van der Waals surface area contributed by atoms with Crippen LogP contribution in [0.2, 0.25) is 0 Å². The van der Waals surface area contributed by atoms with Gasteiger partial charge < -0.3 is 5.32 Å². The van der Waals surface area contributed by atoms with Crippen LogP contribution >= 0.6 is 0 Å². The zero-order valence-electron chi connectivity index (χ0n) is 13.5. The second-order valence-electron chi connectivity index (χ2n) is 5.84. The average Bonchev–Trinajstić information content (AvgIpc) is 2.57. The number of hydrazone groups is 1. The van der Waals surface area contributed by atoms with E-state index in [9.17, 15) is 9.59 Å². The Morgan fingerprint density at radius 3 is 2.79 bits per heavy atom. The fourth-order valence-electron chi connectivity index (χ4n) is 2.70. The number of aromatic nitrogens is 1. The summed E-state index contributed by atoms with van der Waals surface area (Å²) in [5.74, 6) is -0.257. The topological polar surface area (TPSA) is 83.4 Å². The Hall–Kier alpha value is -3.02. The van der Waals surface area contributed by atoms with Crippen molar-refractivity contribution in [3.05, 3.63) is 59.4 Å². The maximum Gasteiger partial charge on any atom is 0.274 e. The number of hydrogen-bond donors (Lipinski definition) is 2. The number of nitrogens with one attached hydrogen (secondary N) is 2. The van der Waals surface area contributed by atoms with Gasteiger partial charge in [0.05, 0.1) is 5.71 Å². The van der Waals surface area contributed by atoms with Gasteiger partial charge in [-0.25, -0.2) is 5.43 Å². The fourth-order valence-corrected chi connectivity index (χ4v) is 2.70. The second kappa shape index (κ2) is 6.62.